The number of aliphatic hydroxyl groups excluding tert-OH is 1. The number of aromatic amines is 1. The number of nitrogens with one attached hydrogen (secondary N) is 1. The molecule has 7 heteroatoms. The summed E-state index contributed by atoms with van der Waals surface area (Å²) in [7, 11) is 0. The van der Waals surface area contributed by atoms with Gasteiger partial charge in [0.2, 0.25) is 0 Å². The zero-order chi connectivity index (χ0) is 19.3. The topological polar surface area (TPSA) is 102 Å². The number of nitrogens with zero attached hydrogens (tertiary/aromatic N) is 3. The van der Waals surface area contributed by atoms with Gasteiger partial charge in [0, 0.05) is 19.5 Å². The van der Waals surface area contributed by atoms with Crippen molar-refractivity contribution in [1.82, 2.24) is 20.1 Å². The lowest BCUT2D eigenvalue weighted by atomic mass is 9.73. The van der Waals surface area contributed by atoms with Crippen molar-refractivity contribution in [2.45, 2.75) is 51.7 Å². The van der Waals surface area contributed by atoms with E-state index in [1.807, 2.05) is 37.3 Å². The second-order valence-corrected chi connectivity index (χ2v) is 7.37. The molecular formula is C20H28N4O3. The third-order valence-electron chi connectivity index (χ3n) is 5.49. The van der Waals surface area contributed by atoms with E-state index in [4.69, 9.17) is 0 Å². The van der Waals surface area contributed by atoms with Crippen molar-refractivity contribution in [1.29, 1.82) is 0 Å². The molecule has 0 radical (unpaired) electrons. The van der Waals surface area contributed by atoms with E-state index in [9.17, 15) is 15.0 Å². The second-order valence-electron chi connectivity index (χ2n) is 7.37. The highest BCUT2D eigenvalue weighted by molar-refractivity contribution is 5.76. The minimum atomic E-state index is -1.14. The van der Waals surface area contributed by atoms with Crippen LogP contribution in [0.15, 0.2) is 30.3 Å². The van der Waals surface area contributed by atoms with Crippen LogP contribution in [0.1, 0.15) is 43.4 Å². The summed E-state index contributed by atoms with van der Waals surface area (Å²) in [5.41, 5.74) is 0.0506. The Morgan fingerprint density at radius 1 is 1.37 bits per heavy atom. The Morgan fingerprint density at radius 3 is 2.81 bits per heavy atom. The maximum Gasteiger partial charge on any atom is 0.313 e. The molecule has 3 rings (SSSR count). The zero-order valence-electron chi connectivity index (χ0n) is 15.8. The van der Waals surface area contributed by atoms with E-state index < -0.39 is 17.5 Å². The van der Waals surface area contributed by atoms with E-state index in [0.717, 1.165) is 30.9 Å². The average molecular weight is 372 g/mol. The number of likely N-dealkylation sites (tertiary alicyclic amines) is 1. The molecule has 0 unspecified atom stereocenters. The number of rotatable bonds is 8. The predicted octanol–water partition coefficient (Wildman–Crippen LogP) is 2.03. The Kier molecular flexibility index (Phi) is 6.23. The van der Waals surface area contributed by atoms with Crippen LogP contribution >= 0.6 is 0 Å². The van der Waals surface area contributed by atoms with Gasteiger partial charge < -0.3 is 10.2 Å². The summed E-state index contributed by atoms with van der Waals surface area (Å²) in [6.07, 6.45) is 2.36. The highest BCUT2D eigenvalue weighted by Crippen LogP contribution is 2.36. The number of hydrogen-bond acceptors (Lipinski definition) is 5. The van der Waals surface area contributed by atoms with Crippen LogP contribution in [-0.2, 0) is 24.2 Å². The van der Waals surface area contributed by atoms with Crippen molar-refractivity contribution >= 4 is 5.97 Å². The number of carboxylic acid groups (broad SMARTS) is 1. The van der Waals surface area contributed by atoms with Crippen molar-refractivity contribution in [2.24, 2.45) is 5.41 Å². The fourth-order valence-electron chi connectivity index (χ4n) is 3.89. The number of hydrogen-bond donors (Lipinski definition) is 3. The highest BCUT2D eigenvalue weighted by Gasteiger charge is 2.48. The molecule has 27 heavy (non-hydrogen) atoms. The van der Waals surface area contributed by atoms with Crippen LogP contribution in [0.25, 0.3) is 0 Å². The number of aliphatic hydroxyl groups is 1. The molecule has 1 aromatic carbocycles. The Bertz CT molecular complexity index is 749. The molecule has 7 nitrogen and oxygen atoms in total. The summed E-state index contributed by atoms with van der Waals surface area (Å²) < 4.78 is 0. The first kappa shape index (κ1) is 19.5. The third-order valence-corrected chi connectivity index (χ3v) is 5.49. The van der Waals surface area contributed by atoms with Crippen LogP contribution in [0.4, 0.5) is 0 Å². The van der Waals surface area contributed by atoms with Gasteiger partial charge in [0.05, 0.1) is 12.6 Å². The summed E-state index contributed by atoms with van der Waals surface area (Å²) in [5.74, 6) is 0.584. The maximum absolute atomic E-state index is 12.2. The largest absolute Gasteiger partial charge is 0.481 e. The Labute approximate surface area is 159 Å². The molecule has 0 amide bonds. The van der Waals surface area contributed by atoms with Crippen LogP contribution in [0.2, 0.25) is 0 Å². The number of H-pyrrole nitrogens is 1. The predicted molar refractivity (Wildman–Crippen MR) is 101 cm³/mol. The minimum Gasteiger partial charge on any atom is -0.481 e. The Hall–Kier alpha value is -2.25. The van der Waals surface area contributed by atoms with E-state index in [0.29, 0.717) is 32.5 Å². The average Bonchev–Trinajstić information content (AvgIpc) is 3.12. The lowest BCUT2D eigenvalue weighted by Gasteiger charge is -2.43. The van der Waals surface area contributed by atoms with Crippen LogP contribution in [-0.4, -0.2) is 55.5 Å². The number of aromatic nitrogens is 3. The molecule has 2 atom stereocenters. The monoisotopic (exact) mass is 372 g/mol. The number of carboxylic acids is 1. The van der Waals surface area contributed by atoms with Gasteiger partial charge in [0.25, 0.3) is 0 Å². The van der Waals surface area contributed by atoms with Gasteiger partial charge in [0.15, 0.2) is 0 Å². The van der Waals surface area contributed by atoms with Gasteiger partial charge in [-0.05, 0) is 31.2 Å². The van der Waals surface area contributed by atoms with Gasteiger partial charge in [-0.25, -0.2) is 4.98 Å². The molecule has 1 aliphatic rings. The highest BCUT2D eigenvalue weighted by atomic mass is 16.4. The molecule has 2 aromatic rings. The van der Waals surface area contributed by atoms with Gasteiger partial charge in [-0.15, -0.1) is 0 Å². The van der Waals surface area contributed by atoms with Gasteiger partial charge in [-0.1, -0.05) is 37.3 Å². The number of aryl methyl sites for hydroxylation is 2. The number of carbonyl (C=O) groups is 1. The van der Waals surface area contributed by atoms with E-state index in [1.165, 1.54) is 5.56 Å². The van der Waals surface area contributed by atoms with Crippen molar-refractivity contribution in [3.05, 3.63) is 47.5 Å². The maximum atomic E-state index is 12.2. The van der Waals surface area contributed by atoms with Crippen LogP contribution < -0.4 is 0 Å². The van der Waals surface area contributed by atoms with E-state index in [-0.39, 0.29) is 0 Å². The summed E-state index contributed by atoms with van der Waals surface area (Å²) in [6, 6.07) is 10.0. The van der Waals surface area contributed by atoms with Gasteiger partial charge >= 0.3 is 5.97 Å². The molecule has 146 valence electrons. The van der Waals surface area contributed by atoms with E-state index in [2.05, 4.69) is 20.1 Å². The van der Waals surface area contributed by atoms with E-state index >= 15 is 0 Å². The fraction of sp³-hybridized carbons (Fsp3) is 0.550. The molecule has 1 aromatic heterocycles. The lowest BCUT2D eigenvalue weighted by Crippen LogP contribution is -2.55. The van der Waals surface area contributed by atoms with Crippen LogP contribution in [0.5, 0.6) is 0 Å². The molecule has 1 aliphatic heterocycles. The standard InChI is InChI=1S/C20H28N4O3/c1-2-17-21-18(23-22-17)13-24-12-10-16(25)20(14-24,19(26)27)11-6-9-15-7-4-3-5-8-15/h3-5,7-8,16,25H,2,6,9-14H2,1H3,(H,26,27)(H,21,22,23)/t16-,20-/m1/s1. The molecule has 3 N–H and O–H groups in total. The molecule has 0 bridgehead atoms. The van der Waals surface area contributed by atoms with Crippen molar-refractivity contribution in [2.75, 3.05) is 13.1 Å². The molecule has 1 saturated heterocycles. The molecule has 1 fully saturated rings. The van der Waals surface area contributed by atoms with Gasteiger partial charge in [-0.2, -0.15) is 5.10 Å². The molecule has 0 aliphatic carbocycles. The number of piperidine rings is 1. The molecule has 0 spiro atoms. The molecule has 2 heterocycles. The van der Waals surface area contributed by atoms with Crippen molar-refractivity contribution in [3.63, 3.8) is 0 Å². The Balaban J connectivity index is 1.66. The normalized spacial score (nSPS) is 23.4. The minimum absolute atomic E-state index is 0.320. The first-order valence-corrected chi connectivity index (χ1v) is 9.61. The van der Waals surface area contributed by atoms with Crippen LogP contribution in [0, 0.1) is 5.41 Å². The summed E-state index contributed by atoms with van der Waals surface area (Å²) in [6.45, 7) is 3.48. The number of benzene rings is 1. The SMILES string of the molecule is CCc1n[nH]c(CN2CC[C@@H](O)[C@](CCCc3ccccc3)(C(=O)O)C2)n1. The summed E-state index contributed by atoms with van der Waals surface area (Å²) in [4.78, 5) is 18.6. The van der Waals surface area contributed by atoms with Gasteiger partial charge in [-0.3, -0.25) is 14.8 Å². The van der Waals surface area contributed by atoms with Gasteiger partial charge in [0.1, 0.15) is 17.1 Å². The summed E-state index contributed by atoms with van der Waals surface area (Å²) >= 11 is 0. The number of aliphatic carboxylic acids is 1. The zero-order valence-corrected chi connectivity index (χ0v) is 15.8. The van der Waals surface area contributed by atoms with Crippen LogP contribution in [0.3, 0.4) is 0 Å². The molecule has 0 saturated carbocycles. The van der Waals surface area contributed by atoms with Crippen molar-refractivity contribution < 1.29 is 15.0 Å². The lowest BCUT2D eigenvalue weighted by molar-refractivity contribution is -0.164. The van der Waals surface area contributed by atoms with E-state index in [1.54, 1.807) is 0 Å². The third kappa shape index (κ3) is 4.54. The smallest absolute Gasteiger partial charge is 0.313 e. The van der Waals surface area contributed by atoms with Crippen molar-refractivity contribution in [3.8, 4) is 0 Å². The Morgan fingerprint density at radius 2 is 2.15 bits per heavy atom. The second kappa shape index (κ2) is 8.63. The first-order chi connectivity index (χ1) is 13.0. The fourth-order valence-corrected chi connectivity index (χ4v) is 3.89. The quantitative estimate of drug-likeness (QED) is 0.655. The summed E-state index contributed by atoms with van der Waals surface area (Å²) in [5, 5.41) is 27.6. The first-order valence-electron chi connectivity index (χ1n) is 9.61. The molecular weight excluding hydrogens is 344 g/mol.